The molecule has 9 heteroatoms. The van der Waals surface area contributed by atoms with Crippen LogP contribution < -0.4 is 5.32 Å². The van der Waals surface area contributed by atoms with Crippen LogP contribution in [0.4, 0.5) is 5.82 Å². The molecular weight excluding hydrogens is 240 g/mol. The molecule has 0 aliphatic carbocycles. The summed E-state index contributed by atoms with van der Waals surface area (Å²) < 4.78 is 1.06. The number of nitrogens with one attached hydrogen (secondary N) is 1. The standard InChI is InChI=1S/C7H9ClN4O4/c8-5-3-11(10-7(5)12(15)16)4-6(14)9-1-2-13/h3,13H,1-2,4H2,(H,9,14). The zero-order valence-electron chi connectivity index (χ0n) is 8.09. The molecule has 0 aliphatic heterocycles. The Balaban J connectivity index is 2.64. The molecule has 0 saturated heterocycles. The summed E-state index contributed by atoms with van der Waals surface area (Å²) in [7, 11) is 0. The minimum absolute atomic E-state index is 0.121. The van der Waals surface area contributed by atoms with Gasteiger partial charge in [0.25, 0.3) is 0 Å². The van der Waals surface area contributed by atoms with Crippen LogP contribution in [0.3, 0.4) is 0 Å². The van der Waals surface area contributed by atoms with E-state index in [1.165, 1.54) is 6.20 Å². The third kappa shape index (κ3) is 3.17. The number of amides is 1. The van der Waals surface area contributed by atoms with Crippen LogP contribution in [-0.2, 0) is 11.3 Å². The third-order valence-corrected chi connectivity index (χ3v) is 1.88. The van der Waals surface area contributed by atoms with Gasteiger partial charge in [0.05, 0.1) is 17.9 Å². The Labute approximate surface area is 95.0 Å². The van der Waals surface area contributed by atoms with Crippen LogP contribution in [0, 0.1) is 10.1 Å². The van der Waals surface area contributed by atoms with Crippen LogP contribution in [0.25, 0.3) is 0 Å². The van der Waals surface area contributed by atoms with Gasteiger partial charge in [-0.05, 0) is 4.92 Å². The van der Waals surface area contributed by atoms with E-state index in [9.17, 15) is 14.9 Å². The number of carbonyl (C=O) groups excluding carboxylic acids is 1. The lowest BCUT2D eigenvalue weighted by atomic mass is 10.5. The van der Waals surface area contributed by atoms with Crippen LogP contribution in [0.2, 0.25) is 5.02 Å². The molecule has 1 aromatic heterocycles. The van der Waals surface area contributed by atoms with Gasteiger partial charge < -0.3 is 20.5 Å². The van der Waals surface area contributed by atoms with E-state index in [0.717, 1.165) is 4.68 Å². The molecule has 1 heterocycles. The Kier molecular flexibility index (Phi) is 4.20. The van der Waals surface area contributed by atoms with Gasteiger partial charge in [-0.1, -0.05) is 11.6 Å². The van der Waals surface area contributed by atoms with Gasteiger partial charge in [-0.2, -0.15) is 4.68 Å². The van der Waals surface area contributed by atoms with E-state index in [1.54, 1.807) is 0 Å². The third-order valence-electron chi connectivity index (χ3n) is 1.61. The van der Waals surface area contributed by atoms with Gasteiger partial charge >= 0.3 is 5.82 Å². The van der Waals surface area contributed by atoms with Crippen molar-refractivity contribution in [2.75, 3.05) is 13.2 Å². The highest BCUT2D eigenvalue weighted by atomic mass is 35.5. The zero-order chi connectivity index (χ0) is 12.1. The monoisotopic (exact) mass is 248 g/mol. The summed E-state index contributed by atoms with van der Waals surface area (Å²) in [6.07, 6.45) is 1.19. The van der Waals surface area contributed by atoms with Gasteiger partial charge in [0.15, 0.2) is 5.02 Å². The maximum atomic E-state index is 11.2. The number of nitrogens with zero attached hydrogens (tertiary/aromatic N) is 3. The molecule has 0 unspecified atom stereocenters. The van der Waals surface area contributed by atoms with E-state index >= 15 is 0 Å². The summed E-state index contributed by atoms with van der Waals surface area (Å²) >= 11 is 5.53. The summed E-state index contributed by atoms with van der Waals surface area (Å²) in [6.45, 7) is -0.241. The van der Waals surface area contributed by atoms with E-state index in [0.29, 0.717) is 0 Å². The predicted octanol–water partition coefficient (Wildman–Crippen LogP) is -0.447. The molecule has 1 rings (SSSR count). The van der Waals surface area contributed by atoms with Gasteiger partial charge in [-0.25, -0.2) is 0 Å². The average Bonchev–Trinajstić information content (AvgIpc) is 2.56. The fourth-order valence-corrected chi connectivity index (χ4v) is 1.21. The lowest BCUT2D eigenvalue weighted by Crippen LogP contribution is -2.30. The number of aromatic nitrogens is 2. The predicted molar refractivity (Wildman–Crippen MR) is 54.0 cm³/mol. The molecule has 0 bridgehead atoms. The Morgan fingerprint density at radius 2 is 2.44 bits per heavy atom. The lowest BCUT2D eigenvalue weighted by molar-refractivity contribution is -0.389. The van der Waals surface area contributed by atoms with Crippen LogP contribution in [0.5, 0.6) is 0 Å². The van der Waals surface area contributed by atoms with Crippen LogP contribution in [0.15, 0.2) is 6.20 Å². The Morgan fingerprint density at radius 1 is 1.75 bits per heavy atom. The van der Waals surface area contributed by atoms with E-state index in [2.05, 4.69) is 10.4 Å². The average molecular weight is 249 g/mol. The molecule has 0 fully saturated rings. The molecule has 0 spiro atoms. The Hall–Kier alpha value is -1.67. The van der Waals surface area contributed by atoms with Gasteiger partial charge in [0.2, 0.25) is 5.91 Å². The van der Waals surface area contributed by atoms with Crippen molar-refractivity contribution < 1.29 is 14.8 Å². The number of hydrogen-bond donors (Lipinski definition) is 2. The number of rotatable bonds is 5. The van der Waals surface area contributed by atoms with Crippen molar-refractivity contribution in [1.29, 1.82) is 0 Å². The second kappa shape index (κ2) is 5.42. The van der Waals surface area contributed by atoms with Gasteiger partial charge in [0, 0.05) is 6.54 Å². The van der Waals surface area contributed by atoms with Crippen LogP contribution in [-0.4, -0.2) is 38.9 Å². The molecular formula is C7H9ClN4O4. The molecule has 0 atom stereocenters. The first-order chi connectivity index (χ1) is 7.54. The van der Waals surface area contributed by atoms with E-state index in [-0.39, 0.29) is 24.7 Å². The summed E-state index contributed by atoms with van der Waals surface area (Å²) in [6, 6.07) is 0. The molecule has 1 aromatic rings. The van der Waals surface area contributed by atoms with Gasteiger partial charge in [-0.3, -0.25) is 4.79 Å². The minimum Gasteiger partial charge on any atom is -0.395 e. The summed E-state index contributed by atoms with van der Waals surface area (Å²) in [5, 5.41) is 24.6. The van der Waals surface area contributed by atoms with Crippen LogP contribution >= 0.6 is 11.6 Å². The van der Waals surface area contributed by atoms with E-state index in [1.807, 2.05) is 0 Å². The Bertz CT molecular complexity index is 405. The Morgan fingerprint density at radius 3 is 2.94 bits per heavy atom. The van der Waals surface area contributed by atoms with Crippen molar-refractivity contribution in [2.45, 2.75) is 6.54 Å². The van der Waals surface area contributed by atoms with Crippen molar-refractivity contribution in [3.63, 3.8) is 0 Å². The molecule has 0 saturated carbocycles. The second-order valence-electron chi connectivity index (χ2n) is 2.83. The van der Waals surface area contributed by atoms with Crippen molar-refractivity contribution in [2.24, 2.45) is 0 Å². The fraction of sp³-hybridized carbons (Fsp3) is 0.429. The normalized spacial score (nSPS) is 10.1. The quantitative estimate of drug-likeness (QED) is 0.542. The molecule has 88 valence electrons. The molecule has 8 nitrogen and oxygen atoms in total. The minimum atomic E-state index is -0.732. The van der Waals surface area contributed by atoms with Crippen molar-refractivity contribution in [1.82, 2.24) is 15.1 Å². The van der Waals surface area contributed by atoms with E-state index in [4.69, 9.17) is 16.7 Å². The smallest absolute Gasteiger partial charge is 0.395 e. The van der Waals surface area contributed by atoms with Gasteiger partial charge in [0.1, 0.15) is 6.54 Å². The maximum Gasteiger partial charge on any atom is 0.408 e. The van der Waals surface area contributed by atoms with Crippen molar-refractivity contribution in [3.8, 4) is 0 Å². The summed E-state index contributed by atoms with van der Waals surface area (Å²) in [4.78, 5) is 20.8. The summed E-state index contributed by atoms with van der Waals surface area (Å²) in [5.74, 6) is -0.903. The first-order valence-corrected chi connectivity index (χ1v) is 4.67. The largest absolute Gasteiger partial charge is 0.408 e. The summed E-state index contributed by atoms with van der Waals surface area (Å²) in [5.41, 5.74) is 0. The number of aliphatic hydroxyl groups is 1. The van der Waals surface area contributed by atoms with Crippen molar-refractivity contribution >= 4 is 23.3 Å². The molecule has 0 aromatic carbocycles. The number of nitro groups is 1. The molecule has 0 aliphatic rings. The first-order valence-electron chi connectivity index (χ1n) is 4.29. The van der Waals surface area contributed by atoms with Gasteiger partial charge in [-0.15, -0.1) is 0 Å². The maximum absolute atomic E-state index is 11.2. The van der Waals surface area contributed by atoms with Crippen LogP contribution in [0.1, 0.15) is 0 Å². The SMILES string of the molecule is O=C(Cn1cc(Cl)c([N+](=O)[O-])n1)NCCO. The topological polar surface area (TPSA) is 110 Å². The fourth-order valence-electron chi connectivity index (χ4n) is 0.990. The second-order valence-corrected chi connectivity index (χ2v) is 3.24. The van der Waals surface area contributed by atoms with Crippen molar-refractivity contribution in [3.05, 3.63) is 21.3 Å². The highest BCUT2D eigenvalue weighted by Gasteiger charge is 2.19. The molecule has 2 N–H and O–H groups in total. The number of hydrogen-bond acceptors (Lipinski definition) is 5. The zero-order valence-corrected chi connectivity index (χ0v) is 8.85. The van der Waals surface area contributed by atoms with E-state index < -0.39 is 16.6 Å². The highest BCUT2D eigenvalue weighted by molar-refractivity contribution is 6.32. The lowest BCUT2D eigenvalue weighted by Gasteiger charge is -1.99. The number of halogens is 1. The number of aliphatic hydroxyl groups excluding tert-OH is 1. The molecule has 16 heavy (non-hydrogen) atoms. The molecule has 1 amide bonds. The highest BCUT2D eigenvalue weighted by Crippen LogP contribution is 2.20. The number of carbonyl (C=O) groups is 1. The first kappa shape index (κ1) is 12.4. The molecule has 0 radical (unpaired) electrons.